The molecule has 0 atom stereocenters. The summed E-state index contributed by atoms with van der Waals surface area (Å²) in [6.07, 6.45) is 3.10. The first-order chi connectivity index (χ1) is 8.58. The molecule has 0 fully saturated rings. The van der Waals surface area contributed by atoms with Crippen molar-refractivity contribution in [3.05, 3.63) is 23.3 Å². The fourth-order valence-electron chi connectivity index (χ4n) is 2.29. The largest absolute Gasteiger partial charge is 0.335 e. The molecular weight excluding hydrogens is 224 g/mol. The first-order valence-corrected chi connectivity index (χ1v) is 6.57. The molecular formula is C14H22N4. The molecule has 0 saturated carbocycles. The topological polar surface area (TPSA) is 42.7 Å². The molecule has 1 N–H and O–H groups in total. The number of aryl methyl sites for hydroxylation is 2. The molecule has 0 aromatic carbocycles. The summed E-state index contributed by atoms with van der Waals surface area (Å²) in [5.74, 6) is 1.30. The molecule has 0 aliphatic carbocycles. The Morgan fingerprint density at radius 1 is 1.33 bits per heavy atom. The van der Waals surface area contributed by atoms with E-state index < -0.39 is 0 Å². The summed E-state index contributed by atoms with van der Waals surface area (Å²) >= 11 is 0. The van der Waals surface area contributed by atoms with Gasteiger partial charge in [0.1, 0.15) is 11.5 Å². The monoisotopic (exact) mass is 246 g/mol. The summed E-state index contributed by atoms with van der Waals surface area (Å²) < 4.78 is 2.11. The molecule has 4 nitrogen and oxygen atoms in total. The van der Waals surface area contributed by atoms with Crippen molar-refractivity contribution >= 4 is 11.0 Å². The zero-order valence-electron chi connectivity index (χ0n) is 11.9. The smallest absolute Gasteiger partial charge is 0.143 e. The van der Waals surface area contributed by atoms with Gasteiger partial charge in [0.2, 0.25) is 0 Å². The lowest BCUT2D eigenvalue weighted by atomic mass is 10.1. The quantitative estimate of drug-likeness (QED) is 0.900. The van der Waals surface area contributed by atoms with E-state index in [0.29, 0.717) is 5.92 Å². The Bertz CT molecular complexity index is 554. The minimum atomic E-state index is 0.363. The van der Waals surface area contributed by atoms with E-state index in [0.717, 1.165) is 30.1 Å². The highest BCUT2D eigenvalue weighted by Crippen LogP contribution is 2.24. The van der Waals surface area contributed by atoms with E-state index in [2.05, 4.69) is 43.9 Å². The molecule has 98 valence electrons. The molecule has 2 aromatic rings. The first kappa shape index (κ1) is 13.0. The highest BCUT2D eigenvalue weighted by atomic mass is 15.0. The fraction of sp³-hybridized carbons (Fsp3) is 0.571. The van der Waals surface area contributed by atoms with Crippen LogP contribution in [-0.2, 0) is 20.0 Å². The molecule has 0 unspecified atom stereocenters. The molecule has 18 heavy (non-hydrogen) atoms. The highest BCUT2D eigenvalue weighted by Gasteiger charge is 2.15. The molecule has 2 aromatic heterocycles. The number of rotatable bonds is 4. The predicted molar refractivity (Wildman–Crippen MR) is 74.7 cm³/mol. The molecule has 0 amide bonds. The van der Waals surface area contributed by atoms with Crippen LogP contribution in [-0.4, -0.2) is 21.6 Å². The van der Waals surface area contributed by atoms with E-state index >= 15 is 0 Å². The van der Waals surface area contributed by atoms with E-state index in [1.54, 1.807) is 0 Å². The molecule has 0 radical (unpaired) electrons. The second kappa shape index (κ2) is 5.06. The van der Waals surface area contributed by atoms with Gasteiger partial charge in [0.05, 0.1) is 5.69 Å². The van der Waals surface area contributed by atoms with Crippen LogP contribution in [0, 0.1) is 0 Å². The number of hydrogen-bond donors (Lipinski definition) is 1. The third-order valence-corrected chi connectivity index (χ3v) is 3.21. The van der Waals surface area contributed by atoms with Crippen molar-refractivity contribution in [2.75, 3.05) is 7.05 Å². The van der Waals surface area contributed by atoms with Gasteiger partial charge in [0.15, 0.2) is 0 Å². The van der Waals surface area contributed by atoms with Crippen molar-refractivity contribution < 1.29 is 0 Å². The van der Waals surface area contributed by atoms with Crippen molar-refractivity contribution in [1.82, 2.24) is 19.9 Å². The van der Waals surface area contributed by atoms with Gasteiger partial charge in [-0.2, -0.15) is 0 Å². The van der Waals surface area contributed by atoms with Gasteiger partial charge < -0.3 is 9.88 Å². The second-order valence-electron chi connectivity index (χ2n) is 5.03. The maximum Gasteiger partial charge on any atom is 0.143 e. The molecule has 0 spiro atoms. The van der Waals surface area contributed by atoms with Crippen LogP contribution >= 0.6 is 0 Å². The van der Waals surface area contributed by atoms with Crippen LogP contribution in [0.2, 0.25) is 0 Å². The first-order valence-electron chi connectivity index (χ1n) is 6.57. The Hall–Kier alpha value is -1.42. The van der Waals surface area contributed by atoms with Crippen LogP contribution in [0.1, 0.15) is 43.8 Å². The van der Waals surface area contributed by atoms with Gasteiger partial charge in [-0.25, -0.2) is 9.97 Å². The van der Waals surface area contributed by atoms with Crippen LogP contribution in [0.15, 0.2) is 6.20 Å². The van der Waals surface area contributed by atoms with Crippen molar-refractivity contribution in [3.63, 3.8) is 0 Å². The number of aromatic nitrogens is 3. The third-order valence-electron chi connectivity index (χ3n) is 3.21. The molecule has 2 rings (SSSR count). The number of nitrogens with one attached hydrogen (secondary N) is 1. The normalized spacial score (nSPS) is 11.7. The van der Waals surface area contributed by atoms with Crippen molar-refractivity contribution in [1.29, 1.82) is 0 Å². The predicted octanol–water partition coefficient (Wildman–Crippen LogP) is 2.37. The van der Waals surface area contributed by atoms with Crippen molar-refractivity contribution in [2.45, 2.75) is 39.7 Å². The Balaban J connectivity index is 2.72. The molecule has 4 heteroatoms. The maximum absolute atomic E-state index is 4.72. The summed E-state index contributed by atoms with van der Waals surface area (Å²) in [5.41, 5.74) is 3.49. The van der Waals surface area contributed by atoms with E-state index in [-0.39, 0.29) is 0 Å². The minimum Gasteiger partial charge on any atom is -0.335 e. The Morgan fingerprint density at radius 2 is 2.06 bits per heavy atom. The summed E-state index contributed by atoms with van der Waals surface area (Å²) in [6, 6.07) is 0. The van der Waals surface area contributed by atoms with Gasteiger partial charge in [0, 0.05) is 31.1 Å². The highest BCUT2D eigenvalue weighted by molar-refractivity contribution is 5.83. The van der Waals surface area contributed by atoms with Gasteiger partial charge in [0.25, 0.3) is 0 Å². The number of hydrogen-bond acceptors (Lipinski definition) is 3. The summed E-state index contributed by atoms with van der Waals surface area (Å²) in [6.45, 7) is 7.28. The fourth-order valence-corrected chi connectivity index (χ4v) is 2.29. The van der Waals surface area contributed by atoms with Gasteiger partial charge in [-0.15, -0.1) is 0 Å². The minimum absolute atomic E-state index is 0.363. The maximum atomic E-state index is 4.72. The molecule has 0 bridgehead atoms. The van der Waals surface area contributed by atoms with Gasteiger partial charge >= 0.3 is 0 Å². The summed E-state index contributed by atoms with van der Waals surface area (Å²) in [5, 5.41) is 4.43. The summed E-state index contributed by atoms with van der Waals surface area (Å²) in [7, 11) is 4.02. The van der Waals surface area contributed by atoms with Crippen molar-refractivity contribution in [3.8, 4) is 0 Å². The number of nitrogens with zero attached hydrogens (tertiary/aromatic N) is 3. The molecule has 0 aliphatic rings. The molecule has 0 saturated heterocycles. The van der Waals surface area contributed by atoms with Crippen molar-refractivity contribution in [2.24, 2.45) is 7.05 Å². The molecule has 2 heterocycles. The average Bonchev–Trinajstić information content (AvgIpc) is 2.66. The lowest BCUT2D eigenvalue weighted by Gasteiger charge is -2.09. The van der Waals surface area contributed by atoms with Gasteiger partial charge in [-0.3, -0.25) is 0 Å². The summed E-state index contributed by atoms with van der Waals surface area (Å²) in [4.78, 5) is 9.43. The lowest BCUT2D eigenvalue weighted by molar-refractivity contribution is 0.762. The van der Waals surface area contributed by atoms with Gasteiger partial charge in [-0.05, 0) is 19.0 Å². The van der Waals surface area contributed by atoms with Crippen LogP contribution in [0.3, 0.4) is 0 Å². The second-order valence-corrected chi connectivity index (χ2v) is 5.03. The Morgan fingerprint density at radius 3 is 2.61 bits per heavy atom. The SMILES string of the molecule is CCc1nc(C(C)C)nc2c1c(CNC)cn2C. The Labute approximate surface area is 108 Å². The molecule has 0 aliphatic heterocycles. The zero-order valence-corrected chi connectivity index (χ0v) is 11.9. The van der Waals surface area contributed by atoms with Crippen LogP contribution in [0.5, 0.6) is 0 Å². The van der Waals surface area contributed by atoms with E-state index in [1.807, 2.05) is 7.05 Å². The van der Waals surface area contributed by atoms with E-state index in [1.165, 1.54) is 10.9 Å². The standard InChI is InChI=1S/C14H22N4/c1-6-11-12-10(7-15-4)8-18(5)14(12)17-13(16-11)9(2)3/h8-9,15H,6-7H2,1-5H3. The van der Waals surface area contributed by atoms with Crippen LogP contribution < -0.4 is 5.32 Å². The lowest BCUT2D eigenvalue weighted by Crippen LogP contribution is -2.06. The number of fused-ring (bicyclic) bond motifs is 1. The van der Waals surface area contributed by atoms with E-state index in [4.69, 9.17) is 9.97 Å². The Kier molecular flexibility index (Phi) is 3.66. The zero-order chi connectivity index (χ0) is 13.3. The van der Waals surface area contributed by atoms with E-state index in [9.17, 15) is 0 Å². The third kappa shape index (κ3) is 2.12. The van der Waals surface area contributed by atoms with Gasteiger partial charge in [-0.1, -0.05) is 20.8 Å². The van der Waals surface area contributed by atoms with Crippen LogP contribution in [0.4, 0.5) is 0 Å². The average molecular weight is 246 g/mol. The van der Waals surface area contributed by atoms with Crippen LogP contribution in [0.25, 0.3) is 11.0 Å².